The van der Waals surface area contributed by atoms with Crippen molar-refractivity contribution in [3.05, 3.63) is 129 Å². The van der Waals surface area contributed by atoms with Gasteiger partial charge in [0, 0.05) is 35.2 Å². The van der Waals surface area contributed by atoms with Crippen LogP contribution in [0.3, 0.4) is 0 Å². The number of rotatable bonds is 21. The maximum absolute atomic E-state index is 10.4. The smallest absolute Gasteiger partial charge is 0.119 e. The van der Waals surface area contributed by atoms with Crippen LogP contribution in [0.4, 0.5) is 0 Å². The first-order chi connectivity index (χ1) is 23.2. The third kappa shape index (κ3) is 13.8. The van der Waals surface area contributed by atoms with E-state index in [1.54, 1.807) is 12.1 Å². The molecule has 0 amide bonds. The highest BCUT2D eigenvalue weighted by molar-refractivity contribution is 6.30. The van der Waals surface area contributed by atoms with Gasteiger partial charge in [0.25, 0.3) is 0 Å². The zero-order valence-corrected chi connectivity index (χ0v) is 29.6. The van der Waals surface area contributed by atoms with Crippen molar-refractivity contribution in [1.82, 2.24) is 10.6 Å². The van der Waals surface area contributed by atoms with Gasteiger partial charge in [-0.3, -0.25) is 0 Å². The second-order valence-electron chi connectivity index (χ2n) is 12.6. The standard InChI is InChI=1S/C40H50Cl2N2O4/c1-29(43-27-39(45)33-9-7-11-35(41)25-33)23-31-13-17-37(18-14-31)47-21-5-3-4-6-22-48-38-19-15-32(16-20-38)24-30(2)44-28-40(46)34-10-8-12-36(42)26-34/h7-20,25-26,29-30,39-40,43-46H,3-6,21-24,27-28H2,1-2H3/t29-,30-,39+,40+/m1/s1. The molecule has 0 aromatic heterocycles. The summed E-state index contributed by atoms with van der Waals surface area (Å²) in [5, 5.41) is 29.0. The van der Waals surface area contributed by atoms with E-state index < -0.39 is 12.2 Å². The SMILES string of the molecule is C[C@H](Cc1ccc(OCCCCCCOc2ccc(C[C@@H](C)NC[C@H](O)c3cccc(Cl)c3)cc2)cc1)NC[C@H](O)c1cccc(Cl)c1. The number of halogens is 2. The first kappa shape index (κ1) is 37.7. The summed E-state index contributed by atoms with van der Waals surface area (Å²) in [5.74, 6) is 1.78. The Balaban J connectivity index is 1.01. The van der Waals surface area contributed by atoms with Gasteiger partial charge >= 0.3 is 0 Å². The third-order valence-electron chi connectivity index (χ3n) is 8.29. The van der Waals surface area contributed by atoms with E-state index in [0.29, 0.717) is 36.3 Å². The number of ether oxygens (including phenoxy) is 2. The molecule has 4 N–H and O–H groups in total. The molecule has 0 radical (unpaired) electrons. The first-order valence-electron chi connectivity index (χ1n) is 17.0. The topological polar surface area (TPSA) is 83.0 Å². The fourth-order valence-electron chi connectivity index (χ4n) is 5.52. The minimum Gasteiger partial charge on any atom is -0.494 e. The van der Waals surface area contributed by atoms with Gasteiger partial charge in [-0.2, -0.15) is 0 Å². The molecular weight excluding hydrogens is 643 g/mol. The molecule has 0 unspecified atom stereocenters. The molecule has 0 aliphatic rings. The number of benzene rings is 4. The Morgan fingerprint density at radius 2 is 0.958 bits per heavy atom. The molecule has 4 atom stereocenters. The van der Waals surface area contributed by atoms with Gasteiger partial charge in [0.2, 0.25) is 0 Å². The summed E-state index contributed by atoms with van der Waals surface area (Å²) in [7, 11) is 0. The highest BCUT2D eigenvalue weighted by atomic mass is 35.5. The van der Waals surface area contributed by atoms with Crippen LogP contribution in [0, 0.1) is 0 Å². The van der Waals surface area contributed by atoms with Crippen LogP contribution in [-0.4, -0.2) is 48.6 Å². The number of hydrogen-bond acceptors (Lipinski definition) is 6. The van der Waals surface area contributed by atoms with Gasteiger partial charge in [0.1, 0.15) is 11.5 Å². The van der Waals surface area contributed by atoms with Crippen molar-refractivity contribution in [3.63, 3.8) is 0 Å². The number of aliphatic hydroxyl groups excluding tert-OH is 2. The zero-order valence-electron chi connectivity index (χ0n) is 28.1. The molecule has 0 heterocycles. The number of nitrogens with one attached hydrogen (secondary N) is 2. The monoisotopic (exact) mass is 692 g/mol. The van der Waals surface area contributed by atoms with Gasteiger partial charge in [0.05, 0.1) is 25.4 Å². The van der Waals surface area contributed by atoms with Crippen LogP contribution in [0.15, 0.2) is 97.1 Å². The van der Waals surface area contributed by atoms with E-state index in [9.17, 15) is 10.2 Å². The summed E-state index contributed by atoms with van der Waals surface area (Å²) >= 11 is 12.1. The van der Waals surface area contributed by atoms with Crippen LogP contribution in [0.5, 0.6) is 11.5 Å². The lowest BCUT2D eigenvalue weighted by Crippen LogP contribution is -2.32. The lowest BCUT2D eigenvalue weighted by atomic mass is 10.1. The first-order valence-corrected chi connectivity index (χ1v) is 17.8. The minimum atomic E-state index is -0.592. The molecule has 0 bridgehead atoms. The van der Waals surface area contributed by atoms with Crippen LogP contribution in [0.2, 0.25) is 10.0 Å². The van der Waals surface area contributed by atoms with E-state index in [1.165, 1.54) is 11.1 Å². The Morgan fingerprint density at radius 3 is 1.33 bits per heavy atom. The second kappa shape index (κ2) is 20.4. The third-order valence-corrected chi connectivity index (χ3v) is 8.76. The lowest BCUT2D eigenvalue weighted by molar-refractivity contribution is 0.170. The molecule has 0 fully saturated rings. The normalized spacial score (nSPS) is 13.9. The van der Waals surface area contributed by atoms with Crippen LogP contribution in [0.1, 0.15) is 74.0 Å². The van der Waals surface area contributed by atoms with Gasteiger partial charge < -0.3 is 30.3 Å². The average molecular weight is 694 g/mol. The largest absolute Gasteiger partial charge is 0.494 e. The Kier molecular flexibility index (Phi) is 16.0. The maximum atomic E-state index is 10.4. The average Bonchev–Trinajstić information content (AvgIpc) is 3.08. The van der Waals surface area contributed by atoms with Crippen molar-refractivity contribution in [2.45, 2.75) is 76.7 Å². The van der Waals surface area contributed by atoms with Crippen LogP contribution in [0.25, 0.3) is 0 Å². The van der Waals surface area contributed by atoms with Gasteiger partial charge in [0.15, 0.2) is 0 Å². The Bertz CT molecular complexity index is 1370. The van der Waals surface area contributed by atoms with E-state index in [1.807, 2.05) is 60.7 Å². The predicted molar refractivity (Wildman–Crippen MR) is 198 cm³/mol. The number of hydrogen-bond donors (Lipinski definition) is 4. The number of aliphatic hydroxyl groups is 2. The summed E-state index contributed by atoms with van der Waals surface area (Å²) in [6, 6.07) is 31.7. The van der Waals surface area contributed by atoms with E-state index in [2.05, 4.69) is 48.7 Å². The molecule has 4 aromatic carbocycles. The molecule has 6 nitrogen and oxygen atoms in total. The van der Waals surface area contributed by atoms with Crippen LogP contribution < -0.4 is 20.1 Å². The van der Waals surface area contributed by atoms with Gasteiger partial charge in [-0.1, -0.05) is 71.7 Å². The molecule has 0 saturated carbocycles. The fraction of sp³-hybridized carbons (Fsp3) is 0.400. The van der Waals surface area contributed by atoms with Crippen LogP contribution >= 0.6 is 23.2 Å². The molecule has 4 aromatic rings. The van der Waals surface area contributed by atoms with Crippen molar-refractivity contribution in [1.29, 1.82) is 0 Å². The molecule has 258 valence electrons. The Labute approximate surface area is 296 Å². The van der Waals surface area contributed by atoms with E-state index in [0.717, 1.165) is 61.2 Å². The second-order valence-corrected chi connectivity index (χ2v) is 13.4. The summed E-state index contributed by atoms with van der Waals surface area (Å²) in [6.45, 7) is 6.59. The summed E-state index contributed by atoms with van der Waals surface area (Å²) < 4.78 is 11.9. The van der Waals surface area contributed by atoms with Gasteiger partial charge in [-0.15, -0.1) is 0 Å². The summed E-state index contributed by atoms with van der Waals surface area (Å²) in [4.78, 5) is 0. The molecule has 4 rings (SSSR count). The molecule has 0 saturated heterocycles. The van der Waals surface area contributed by atoms with Crippen molar-refractivity contribution in [2.75, 3.05) is 26.3 Å². The molecule has 48 heavy (non-hydrogen) atoms. The lowest BCUT2D eigenvalue weighted by Gasteiger charge is -2.18. The molecule has 0 aliphatic carbocycles. The molecule has 0 spiro atoms. The van der Waals surface area contributed by atoms with E-state index in [4.69, 9.17) is 32.7 Å². The number of unbranched alkanes of at least 4 members (excludes halogenated alkanes) is 3. The molecular formula is C40H50Cl2N2O4. The van der Waals surface area contributed by atoms with Crippen molar-refractivity contribution >= 4 is 23.2 Å². The van der Waals surface area contributed by atoms with Gasteiger partial charge in [-0.25, -0.2) is 0 Å². The summed E-state index contributed by atoms with van der Waals surface area (Å²) in [6.07, 6.45) is 4.76. The van der Waals surface area contributed by atoms with Gasteiger partial charge in [-0.05, 0) is 123 Å². The van der Waals surface area contributed by atoms with Crippen molar-refractivity contribution in [3.8, 4) is 11.5 Å². The fourth-order valence-corrected chi connectivity index (χ4v) is 5.92. The van der Waals surface area contributed by atoms with Crippen molar-refractivity contribution in [2.24, 2.45) is 0 Å². The summed E-state index contributed by atoms with van der Waals surface area (Å²) in [5.41, 5.74) is 4.09. The van der Waals surface area contributed by atoms with E-state index >= 15 is 0 Å². The predicted octanol–water partition coefficient (Wildman–Crippen LogP) is 8.52. The van der Waals surface area contributed by atoms with Crippen LogP contribution in [-0.2, 0) is 12.8 Å². The molecule has 0 aliphatic heterocycles. The minimum absolute atomic E-state index is 0.221. The highest BCUT2D eigenvalue weighted by Crippen LogP contribution is 2.20. The van der Waals surface area contributed by atoms with E-state index in [-0.39, 0.29) is 12.1 Å². The zero-order chi connectivity index (χ0) is 34.1. The Morgan fingerprint density at radius 1 is 0.562 bits per heavy atom. The Hall–Kier alpha value is -3.10. The maximum Gasteiger partial charge on any atom is 0.119 e. The quantitative estimate of drug-likeness (QED) is 0.0656. The highest BCUT2D eigenvalue weighted by Gasteiger charge is 2.12. The molecule has 8 heteroatoms. The van der Waals surface area contributed by atoms with Crippen molar-refractivity contribution < 1.29 is 19.7 Å².